The number of aromatic nitrogens is 1. The summed E-state index contributed by atoms with van der Waals surface area (Å²) in [6.45, 7) is 3.25. The smallest absolute Gasteiger partial charge is 0.315 e. The third-order valence-corrected chi connectivity index (χ3v) is 4.13. The van der Waals surface area contributed by atoms with E-state index in [0.29, 0.717) is 13.1 Å². The van der Waals surface area contributed by atoms with Crippen molar-refractivity contribution in [3.8, 4) is 0 Å². The summed E-state index contributed by atoms with van der Waals surface area (Å²) < 4.78 is 0. The Kier molecular flexibility index (Phi) is 6.77. The van der Waals surface area contributed by atoms with Gasteiger partial charge in [0, 0.05) is 37.0 Å². The van der Waals surface area contributed by atoms with Crippen LogP contribution in [0.2, 0.25) is 0 Å². The second kappa shape index (κ2) is 9.10. The molecular weight excluding hydrogens is 294 g/mol. The number of benzene rings is 1. The molecule has 0 spiro atoms. The summed E-state index contributed by atoms with van der Waals surface area (Å²) in [5, 5.41) is 5.67. The van der Waals surface area contributed by atoms with Crippen molar-refractivity contribution in [2.75, 3.05) is 12.3 Å². The highest BCUT2D eigenvalue weighted by Gasteiger charge is 2.00. The minimum absolute atomic E-state index is 0.139. The van der Waals surface area contributed by atoms with Crippen LogP contribution in [0.3, 0.4) is 0 Å². The van der Waals surface area contributed by atoms with Gasteiger partial charge in [-0.1, -0.05) is 35.9 Å². The van der Waals surface area contributed by atoms with Crippen molar-refractivity contribution in [1.29, 1.82) is 0 Å². The summed E-state index contributed by atoms with van der Waals surface area (Å²) in [6.07, 6.45) is 3.46. The molecule has 1 heterocycles. The molecule has 0 aliphatic heterocycles. The molecule has 5 heteroatoms. The number of carbonyl (C=O) groups excluding carboxylic acids is 1. The Balaban J connectivity index is 1.54. The molecule has 22 heavy (non-hydrogen) atoms. The number of nitrogens with zero attached hydrogens (tertiary/aromatic N) is 1. The highest BCUT2D eigenvalue weighted by molar-refractivity contribution is 7.98. The van der Waals surface area contributed by atoms with Crippen molar-refractivity contribution >= 4 is 17.8 Å². The Morgan fingerprint density at radius 2 is 1.95 bits per heavy atom. The van der Waals surface area contributed by atoms with Crippen LogP contribution >= 0.6 is 11.8 Å². The van der Waals surface area contributed by atoms with Crippen LogP contribution in [0.5, 0.6) is 0 Å². The fourth-order valence-corrected chi connectivity index (χ4v) is 2.68. The van der Waals surface area contributed by atoms with E-state index in [1.54, 1.807) is 12.4 Å². The molecule has 0 aliphatic rings. The van der Waals surface area contributed by atoms with E-state index in [2.05, 4.69) is 46.8 Å². The van der Waals surface area contributed by atoms with Crippen molar-refractivity contribution in [1.82, 2.24) is 15.6 Å². The minimum atomic E-state index is -0.139. The summed E-state index contributed by atoms with van der Waals surface area (Å²) in [5.74, 6) is 1.87. The predicted molar refractivity (Wildman–Crippen MR) is 91.8 cm³/mol. The molecule has 0 atom stereocenters. The SMILES string of the molecule is Cc1ccc(CSCCNC(=O)NCc2cccnc2)cc1. The number of pyridine rings is 1. The van der Waals surface area contributed by atoms with Gasteiger partial charge in [0.2, 0.25) is 0 Å². The Morgan fingerprint density at radius 3 is 2.68 bits per heavy atom. The number of hydrogen-bond donors (Lipinski definition) is 2. The fourth-order valence-electron chi connectivity index (χ4n) is 1.86. The number of rotatable bonds is 7. The van der Waals surface area contributed by atoms with Crippen LogP contribution in [0.25, 0.3) is 0 Å². The third-order valence-electron chi connectivity index (χ3n) is 3.10. The van der Waals surface area contributed by atoms with Crippen LogP contribution in [0.15, 0.2) is 48.8 Å². The summed E-state index contributed by atoms with van der Waals surface area (Å²) in [6, 6.07) is 12.2. The van der Waals surface area contributed by atoms with Crippen LogP contribution in [0.4, 0.5) is 4.79 Å². The van der Waals surface area contributed by atoms with Crippen LogP contribution < -0.4 is 10.6 Å². The van der Waals surface area contributed by atoms with Crippen LogP contribution in [-0.2, 0) is 12.3 Å². The molecule has 2 N–H and O–H groups in total. The summed E-state index contributed by atoms with van der Waals surface area (Å²) >= 11 is 1.82. The number of nitrogens with one attached hydrogen (secondary N) is 2. The normalized spacial score (nSPS) is 10.2. The van der Waals surface area contributed by atoms with E-state index in [4.69, 9.17) is 0 Å². The Labute approximate surface area is 135 Å². The Morgan fingerprint density at radius 1 is 1.14 bits per heavy atom. The first kappa shape index (κ1) is 16.4. The molecule has 0 saturated carbocycles. The summed E-state index contributed by atoms with van der Waals surface area (Å²) in [4.78, 5) is 15.6. The van der Waals surface area contributed by atoms with Gasteiger partial charge in [-0.3, -0.25) is 4.98 Å². The standard InChI is InChI=1S/C17H21N3OS/c1-14-4-6-15(7-5-14)13-22-10-9-19-17(21)20-12-16-3-2-8-18-11-16/h2-8,11H,9-10,12-13H2,1H3,(H2,19,20,21). The highest BCUT2D eigenvalue weighted by atomic mass is 32.2. The number of aryl methyl sites for hydroxylation is 1. The number of urea groups is 1. The van der Waals surface area contributed by atoms with E-state index in [0.717, 1.165) is 17.1 Å². The van der Waals surface area contributed by atoms with Crippen molar-refractivity contribution in [3.05, 3.63) is 65.5 Å². The lowest BCUT2D eigenvalue weighted by Crippen LogP contribution is -2.36. The molecule has 0 saturated heterocycles. The molecule has 1 aromatic heterocycles. The van der Waals surface area contributed by atoms with Crippen LogP contribution in [-0.4, -0.2) is 23.3 Å². The Hall–Kier alpha value is -2.01. The number of thioether (sulfide) groups is 1. The predicted octanol–water partition coefficient (Wildman–Crippen LogP) is 3.12. The van der Waals surface area contributed by atoms with Gasteiger partial charge in [-0.05, 0) is 24.1 Å². The molecule has 0 aliphatic carbocycles. The topological polar surface area (TPSA) is 54.0 Å². The van der Waals surface area contributed by atoms with Gasteiger partial charge in [-0.15, -0.1) is 0 Å². The maximum absolute atomic E-state index is 11.6. The molecule has 116 valence electrons. The van der Waals surface area contributed by atoms with Crippen molar-refractivity contribution < 1.29 is 4.79 Å². The third kappa shape index (κ3) is 6.18. The van der Waals surface area contributed by atoms with Gasteiger partial charge in [0.25, 0.3) is 0 Å². The number of carbonyl (C=O) groups is 1. The molecule has 2 aromatic rings. The molecule has 0 radical (unpaired) electrons. The average molecular weight is 315 g/mol. The van der Waals surface area contributed by atoms with Gasteiger partial charge < -0.3 is 10.6 Å². The lowest BCUT2D eigenvalue weighted by molar-refractivity contribution is 0.241. The monoisotopic (exact) mass is 315 g/mol. The molecule has 4 nitrogen and oxygen atoms in total. The van der Waals surface area contributed by atoms with Gasteiger partial charge in [0.1, 0.15) is 0 Å². The first-order valence-electron chi connectivity index (χ1n) is 7.28. The fraction of sp³-hybridized carbons (Fsp3) is 0.294. The van der Waals surface area contributed by atoms with Crippen molar-refractivity contribution in [2.45, 2.75) is 19.2 Å². The number of amides is 2. The second-order valence-corrected chi connectivity index (χ2v) is 6.11. The van der Waals surface area contributed by atoms with Crippen molar-refractivity contribution in [2.24, 2.45) is 0 Å². The van der Waals surface area contributed by atoms with E-state index < -0.39 is 0 Å². The zero-order valence-electron chi connectivity index (χ0n) is 12.7. The first-order valence-corrected chi connectivity index (χ1v) is 8.43. The van der Waals surface area contributed by atoms with E-state index >= 15 is 0 Å². The lowest BCUT2D eigenvalue weighted by atomic mass is 10.2. The summed E-state index contributed by atoms with van der Waals surface area (Å²) in [5.41, 5.74) is 3.59. The Bertz CT molecular complexity index is 572. The van der Waals surface area contributed by atoms with Crippen molar-refractivity contribution in [3.63, 3.8) is 0 Å². The molecule has 0 bridgehead atoms. The zero-order valence-corrected chi connectivity index (χ0v) is 13.5. The minimum Gasteiger partial charge on any atom is -0.337 e. The van der Waals surface area contributed by atoms with Gasteiger partial charge in [-0.25, -0.2) is 4.79 Å². The maximum Gasteiger partial charge on any atom is 0.315 e. The quantitative estimate of drug-likeness (QED) is 0.772. The lowest BCUT2D eigenvalue weighted by Gasteiger charge is -2.07. The summed E-state index contributed by atoms with van der Waals surface area (Å²) in [7, 11) is 0. The zero-order chi connectivity index (χ0) is 15.6. The van der Waals surface area contributed by atoms with E-state index in [1.807, 2.05) is 23.9 Å². The average Bonchev–Trinajstić information content (AvgIpc) is 2.55. The second-order valence-electron chi connectivity index (χ2n) is 5.01. The highest BCUT2D eigenvalue weighted by Crippen LogP contribution is 2.12. The van der Waals surface area contributed by atoms with Gasteiger partial charge in [-0.2, -0.15) is 11.8 Å². The number of hydrogen-bond acceptors (Lipinski definition) is 3. The van der Waals surface area contributed by atoms with Crippen LogP contribution in [0, 0.1) is 6.92 Å². The molecule has 2 rings (SSSR count). The van der Waals surface area contributed by atoms with E-state index in [1.165, 1.54) is 11.1 Å². The van der Waals surface area contributed by atoms with E-state index in [9.17, 15) is 4.79 Å². The van der Waals surface area contributed by atoms with Gasteiger partial charge in [0.05, 0.1) is 0 Å². The van der Waals surface area contributed by atoms with Crippen LogP contribution in [0.1, 0.15) is 16.7 Å². The van der Waals surface area contributed by atoms with E-state index in [-0.39, 0.29) is 6.03 Å². The van der Waals surface area contributed by atoms with Gasteiger partial charge in [0.15, 0.2) is 0 Å². The maximum atomic E-state index is 11.6. The molecular formula is C17H21N3OS. The first-order chi connectivity index (χ1) is 10.7. The molecule has 2 amide bonds. The largest absolute Gasteiger partial charge is 0.337 e. The molecule has 0 fully saturated rings. The molecule has 1 aromatic carbocycles. The molecule has 0 unspecified atom stereocenters. The van der Waals surface area contributed by atoms with Gasteiger partial charge >= 0.3 is 6.03 Å².